The number of hydrogen-bond acceptors (Lipinski definition) is 2. The normalized spacial score (nSPS) is 12.0. The summed E-state index contributed by atoms with van der Waals surface area (Å²) >= 11 is 16.8. The molecule has 0 rings (SSSR count). The zero-order chi connectivity index (χ0) is 8.74. The van der Waals surface area contributed by atoms with Crippen molar-refractivity contribution in [2.75, 3.05) is 25.5 Å². The molecule has 0 bridgehead atoms. The maximum Gasteiger partial charge on any atom is 0.273 e. The summed E-state index contributed by atoms with van der Waals surface area (Å²) in [5, 5.41) is 0. The quantitative estimate of drug-likeness (QED) is 0.305. The van der Waals surface area contributed by atoms with Crippen LogP contribution in [0.2, 0.25) is 6.55 Å². The Bertz CT molecular complexity index is 96.2. The fraction of sp³-hybridized carbons (Fsp3) is 1.00. The summed E-state index contributed by atoms with van der Waals surface area (Å²) < 4.78 is 9.93. The summed E-state index contributed by atoms with van der Waals surface area (Å²) in [5.41, 5.74) is 0. The lowest BCUT2D eigenvalue weighted by atomic mass is 10.8. The molecule has 0 aromatic rings. The molecule has 0 saturated carbocycles. The standard InChI is InChI=1S/C5H11Cl3O2Si/c1-11(7,8)5-10-3-2-9-4-6/h2-5H2,1H3. The second-order valence-corrected chi connectivity index (χ2v) is 10.4. The Hall–Kier alpha value is 1.01. The van der Waals surface area contributed by atoms with Gasteiger partial charge in [-0.2, -0.15) is 0 Å². The first-order valence-corrected chi connectivity index (χ1v) is 8.42. The first-order chi connectivity index (χ1) is 5.06. The number of rotatable bonds is 6. The van der Waals surface area contributed by atoms with E-state index in [2.05, 4.69) is 0 Å². The van der Waals surface area contributed by atoms with Gasteiger partial charge in [-0.05, 0) is 6.55 Å². The third-order valence-electron chi connectivity index (χ3n) is 0.805. The topological polar surface area (TPSA) is 18.5 Å². The van der Waals surface area contributed by atoms with Gasteiger partial charge in [-0.3, -0.25) is 0 Å². The molecule has 0 spiro atoms. The van der Waals surface area contributed by atoms with Gasteiger partial charge < -0.3 is 9.47 Å². The molecule has 0 radical (unpaired) electrons. The van der Waals surface area contributed by atoms with Crippen LogP contribution in [0.3, 0.4) is 0 Å². The monoisotopic (exact) mass is 236 g/mol. The van der Waals surface area contributed by atoms with Gasteiger partial charge in [0.25, 0.3) is 6.69 Å². The molecular weight excluding hydrogens is 226 g/mol. The van der Waals surface area contributed by atoms with Crippen LogP contribution in [-0.2, 0) is 9.47 Å². The Morgan fingerprint density at radius 3 is 2.18 bits per heavy atom. The van der Waals surface area contributed by atoms with Crippen molar-refractivity contribution < 1.29 is 9.47 Å². The van der Waals surface area contributed by atoms with Gasteiger partial charge in [0.2, 0.25) is 0 Å². The molecule has 2 nitrogen and oxygen atoms in total. The van der Waals surface area contributed by atoms with Gasteiger partial charge in [0.1, 0.15) is 6.07 Å². The zero-order valence-electron chi connectivity index (χ0n) is 6.28. The van der Waals surface area contributed by atoms with Gasteiger partial charge in [-0.1, -0.05) is 11.6 Å². The first-order valence-electron chi connectivity index (χ1n) is 3.15. The lowest BCUT2D eigenvalue weighted by molar-refractivity contribution is 0.0838. The van der Waals surface area contributed by atoms with Crippen LogP contribution in [0.1, 0.15) is 0 Å². The van der Waals surface area contributed by atoms with Crippen molar-refractivity contribution in [1.29, 1.82) is 0 Å². The molecule has 0 aliphatic carbocycles. The minimum atomic E-state index is -2.08. The second-order valence-electron chi connectivity index (χ2n) is 2.14. The lowest BCUT2D eigenvalue weighted by Crippen LogP contribution is -2.23. The van der Waals surface area contributed by atoms with Crippen LogP contribution < -0.4 is 0 Å². The highest BCUT2D eigenvalue weighted by Crippen LogP contribution is 2.13. The maximum absolute atomic E-state index is 5.76. The highest BCUT2D eigenvalue weighted by Gasteiger charge is 2.20. The van der Waals surface area contributed by atoms with Crippen LogP contribution in [0.15, 0.2) is 0 Å². The van der Waals surface area contributed by atoms with E-state index >= 15 is 0 Å². The third kappa shape index (κ3) is 11.0. The fourth-order valence-corrected chi connectivity index (χ4v) is 1.50. The van der Waals surface area contributed by atoms with Gasteiger partial charge in [0, 0.05) is 0 Å². The molecule has 0 atom stereocenters. The van der Waals surface area contributed by atoms with Crippen LogP contribution in [-0.4, -0.2) is 32.2 Å². The Labute approximate surface area is 82.1 Å². The van der Waals surface area contributed by atoms with Gasteiger partial charge in [-0.25, -0.2) is 0 Å². The van der Waals surface area contributed by atoms with E-state index in [1.807, 2.05) is 0 Å². The molecule has 0 aromatic carbocycles. The molecule has 0 aliphatic heterocycles. The van der Waals surface area contributed by atoms with E-state index in [9.17, 15) is 0 Å². The third-order valence-corrected chi connectivity index (χ3v) is 2.32. The summed E-state index contributed by atoms with van der Waals surface area (Å²) in [4.78, 5) is 0. The predicted octanol–water partition coefficient (Wildman–Crippen LogP) is 2.30. The van der Waals surface area contributed by atoms with Crippen molar-refractivity contribution in [3.63, 3.8) is 0 Å². The number of ether oxygens (including phenoxy) is 2. The minimum absolute atomic E-state index is 0.194. The number of hydrogen-bond donors (Lipinski definition) is 0. The maximum atomic E-state index is 5.76. The van der Waals surface area contributed by atoms with Crippen LogP contribution in [0, 0.1) is 0 Å². The van der Waals surface area contributed by atoms with E-state index in [1.165, 1.54) is 0 Å². The Morgan fingerprint density at radius 1 is 1.18 bits per heavy atom. The highest BCUT2D eigenvalue weighted by molar-refractivity contribution is 7.44. The molecule has 0 aromatic heterocycles. The van der Waals surface area contributed by atoms with E-state index in [0.29, 0.717) is 19.4 Å². The smallest absolute Gasteiger partial charge is 0.273 e. The molecule has 0 heterocycles. The Kier molecular flexibility index (Phi) is 7.11. The molecule has 11 heavy (non-hydrogen) atoms. The van der Waals surface area contributed by atoms with Crippen molar-refractivity contribution >= 4 is 40.5 Å². The Morgan fingerprint density at radius 2 is 1.73 bits per heavy atom. The number of halogens is 3. The molecule has 0 unspecified atom stereocenters. The second kappa shape index (κ2) is 6.52. The minimum Gasteiger partial charge on any atom is -0.379 e. The predicted molar refractivity (Wildman–Crippen MR) is 50.8 cm³/mol. The zero-order valence-corrected chi connectivity index (χ0v) is 9.55. The van der Waals surface area contributed by atoms with Crippen molar-refractivity contribution in [3.05, 3.63) is 0 Å². The summed E-state index contributed by atoms with van der Waals surface area (Å²) in [5.74, 6) is 0. The van der Waals surface area contributed by atoms with Crippen LogP contribution >= 0.6 is 33.8 Å². The van der Waals surface area contributed by atoms with Gasteiger partial charge in [0.05, 0.1) is 19.4 Å². The molecule has 0 amide bonds. The van der Waals surface area contributed by atoms with Crippen molar-refractivity contribution in [1.82, 2.24) is 0 Å². The summed E-state index contributed by atoms with van der Waals surface area (Å²) in [7, 11) is 0. The van der Waals surface area contributed by atoms with Crippen LogP contribution in [0.25, 0.3) is 0 Å². The average molecular weight is 238 g/mol. The molecule has 68 valence electrons. The lowest BCUT2D eigenvalue weighted by Gasteiger charge is -2.09. The van der Waals surface area contributed by atoms with Gasteiger partial charge >= 0.3 is 0 Å². The van der Waals surface area contributed by atoms with Crippen molar-refractivity contribution in [2.24, 2.45) is 0 Å². The molecule has 0 N–H and O–H groups in total. The fourth-order valence-electron chi connectivity index (χ4n) is 0.424. The van der Waals surface area contributed by atoms with Crippen molar-refractivity contribution in [3.8, 4) is 0 Å². The molecular formula is C5H11Cl3O2Si. The van der Waals surface area contributed by atoms with E-state index in [1.54, 1.807) is 6.55 Å². The van der Waals surface area contributed by atoms with Crippen molar-refractivity contribution in [2.45, 2.75) is 6.55 Å². The van der Waals surface area contributed by atoms with E-state index in [-0.39, 0.29) is 6.07 Å². The number of alkyl halides is 1. The van der Waals surface area contributed by atoms with E-state index in [0.717, 1.165) is 0 Å². The Balaban J connectivity index is 3.02. The summed E-state index contributed by atoms with van der Waals surface area (Å²) in [6.45, 7) is 0.703. The molecule has 0 saturated heterocycles. The van der Waals surface area contributed by atoms with Gasteiger partial charge in [0.15, 0.2) is 0 Å². The van der Waals surface area contributed by atoms with Crippen LogP contribution in [0.4, 0.5) is 0 Å². The largest absolute Gasteiger partial charge is 0.379 e. The van der Waals surface area contributed by atoms with Crippen LogP contribution in [0.5, 0.6) is 0 Å². The molecule has 0 fully saturated rings. The highest BCUT2D eigenvalue weighted by atomic mass is 35.7. The van der Waals surface area contributed by atoms with E-state index < -0.39 is 6.69 Å². The first kappa shape index (κ1) is 12.0. The SMILES string of the molecule is C[Si](Cl)(Cl)COCCOCCl. The van der Waals surface area contributed by atoms with Gasteiger partial charge in [-0.15, -0.1) is 22.2 Å². The van der Waals surface area contributed by atoms with E-state index in [4.69, 9.17) is 43.2 Å². The average Bonchev–Trinajstić information content (AvgIpc) is 1.85. The summed E-state index contributed by atoms with van der Waals surface area (Å²) in [6.07, 6.45) is 0.432. The molecule has 0 aliphatic rings. The molecule has 6 heteroatoms. The summed E-state index contributed by atoms with van der Waals surface area (Å²) in [6, 6.07) is 0.194.